The molecule has 8 nitrogen and oxygen atoms in total. The van der Waals surface area contributed by atoms with Crippen LogP contribution < -0.4 is 18.9 Å². The molecule has 2 aromatic carbocycles. The van der Waals surface area contributed by atoms with E-state index in [9.17, 15) is 5.11 Å². The maximum atomic E-state index is 11.8. The summed E-state index contributed by atoms with van der Waals surface area (Å²) in [5.74, 6) is 0.936. The minimum atomic E-state index is -1.38. The molecule has 4 atom stereocenters. The predicted octanol–water partition coefficient (Wildman–Crippen LogP) is 2.09. The van der Waals surface area contributed by atoms with E-state index in [-0.39, 0.29) is 38.8 Å². The molecule has 0 radical (unpaired) electrons. The van der Waals surface area contributed by atoms with Gasteiger partial charge in [-0.25, -0.2) is 0 Å². The third kappa shape index (κ3) is 2.22. The lowest BCUT2D eigenvalue weighted by molar-refractivity contribution is -0.283. The van der Waals surface area contributed by atoms with Crippen molar-refractivity contribution in [2.75, 3.05) is 33.9 Å². The van der Waals surface area contributed by atoms with E-state index in [1.54, 1.807) is 12.1 Å². The Morgan fingerprint density at radius 3 is 2.38 bits per heavy atom. The number of hydrogen-bond acceptors (Lipinski definition) is 8. The highest BCUT2D eigenvalue weighted by molar-refractivity contribution is 5.48. The Hall–Kier alpha value is -2.52. The van der Waals surface area contributed by atoms with E-state index in [0.29, 0.717) is 28.6 Å². The first kappa shape index (κ1) is 17.3. The number of rotatable bonds is 3. The summed E-state index contributed by atoms with van der Waals surface area (Å²) in [5, 5.41) is 11.8. The topological polar surface area (TPSA) is 84.8 Å². The van der Waals surface area contributed by atoms with Crippen LogP contribution in [-0.2, 0) is 20.0 Å². The van der Waals surface area contributed by atoms with Crippen molar-refractivity contribution in [1.29, 1.82) is 0 Å². The quantitative estimate of drug-likeness (QED) is 0.839. The summed E-state index contributed by atoms with van der Waals surface area (Å²) in [6.45, 7) is 0.719. The van der Waals surface area contributed by atoms with Crippen molar-refractivity contribution in [3.63, 3.8) is 0 Å². The summed E-state index contributed by atoms with van der Waals surface area (Å²) in [4.78, 5) is 0. The Balaban J connectivity index is 1.37. The molecule has 29 heavy (non-hydrogen) atoms. The summed E-state index contributed by atoms with van der Waals surface area (Å²) >= 11 is 0. The highest BCUT2D eigenvalue weighted by Crippen LogP contribution is 2.57. The molecular weight excluding hydrogens is 380 g/mol. The summed E-state index contributed by atoms with van der Waals surface area (Å²) < 4.78 is 39.8. The van der Waals surface area contributed by atoms with Gasteiger partial charge in [-0.05, 0) is 35.9 Å². The number of methoxy groups -OCH3 is 1. The van der Waals surface area contributed by atoms with Gasteiger partial charge in [-0.2, -0.15) is 0 Å². The largest absolute Gasteiger partial charge is 0.454 e. The van der Waals surface area contributed by atoms with Crippen molar-refractivity contribution in [2.45, 2.75) is 17.5 Å². The van der Waals surface area contributed by atoms with Gasteiger partial charge in [0.05, 0.1) is 19.3 Å². The summed E-state index contributed by atoms with van der Waals surface area (Å²) in [6.07, 6.45) is -0.361. The van der Waals surface area contributed by atoms with E-state index in [0.717, 1.165) is 5.56 Å². The van der Waals surface area contributed by atoms with Gasteiger partial charge in [0, 0.05) is 18.6 Å². The van der Waals surface area contributed by atoms with E-state index in [1.165, 1.54) is 7.11 Å². The zero-order valence-electron chi connectivity index (χ0n) is 15.8. The highest BCUT2D eigenvalue weighted by atomic mass is 16.7. The average Bonchev–Trinajstić information content (AvgIpc) is 3.49. The van der Waals surface area contributed by atoms with Crippen LogP contribution in [0.25, 0.3) is 0 Å². The molecule has 0 aromatic heterocycles. The molecular formula is C21H20O8. The van der Waals surface area contributed by atoms with E-state index in [4.69, 9.17) is 33.2 Å². The Morgan fingerprint density at radius 2 is 1.62 bits per heavy atom. The second kappa shape index (κ2) is 5.99. The maximum absolute atomic E-state index is 11.8. The number of hydrogen-bond donors (Lipinski definition) is 1. The predicted molar refractivity (Wildman–Crippen MR) is 96.9 cm³/mol. The van der Waals surface area contributed by atoms with Crippen LogP contribution in [0.3, 0.4) is 0 Å². The fourth-order valence-electron chi connectivity index (χ4n) is 4.79. The van der Waals surface area contributed by atoms with Gasteiger partial charge in [0.1, 0.15) is 0 Å². The van der Waals surface area contributed by atoms with Crippen LogP contribution in [-0.4, -0.2) is 44.6 Å². The Morgan fingerprint density at radius 1 is 0.931 bits per heavy atom. The molecule has 6 rings (SSSR count). The maximum Gasteiger partial charge on any atom is 0.231 e. The van der Waals surface area contributed by atoms with Crippen molar-refractivity contribution in [2.24, 2.45) is 5.92 Å². The Bertz CT molecular complexity index is 977. The molecule has 0 amide bonds. The summed E-state index contributed by atoms with van der Waals surface area (Å²) in [7, 11) is 1.53. The minimum absolute atomic E-state index is 0.0685. The summed E-state index contributed by atoms with van der Waals surface area (Å²) in [6, 6.07) is 11.1. The Labute approximate surface area is 166 Å². The van der Waals surface area contributed by atoms with Crippen molar-refractivity contribution < 1.29 is 38.3 Å². The number of benzene rings is 2. The zero-order valence-corrected chi connectivity index (χ0v) is 15.8. The lowest BCUT2D eigenvalue weighted by atomic mass is 9.78. The molecule has 152 valence electrons. The minimum Gasteiger partial charge on any atom is -0.454 e. The summed E-state index contributed by atoms with van der Waals surface area (Å²) in [5.41, 5.74) is 0.178. The van der Waals surface area contributed by atoms with Crippen LogP contribution in [0.5, 0.6) is 23.0 Å². The number of fused-ring (bicyclic) bond motifs is 3. The molecule has 4 heterocycles. The molecule has 2 saturated heterocycles. The molecule has 4 aliphatic heterocycles. The Kier molecular flexibility index (Phi) is 3.58. The van der Waals surface area contributed by atoms with Gasteiger partial charge in [0.15, 0.2) is 28.6 Å². The first-order valence-corrected chi connectivity index (χ1v) is 9.47. The molecule has 2 aromatic rings. The fourth-order valence-corrected chi connectivity index (χ4v) is 4.79. The van der Waals surface area contributed by atoms with Crippen molar-refractivity contribution >= 4 is 0 Å². The first-order chi connectivity index (χ1) is 14.1. The molecule has 0 aliphatic carbocycles. The normalized spacial score (nSPS) is 33.9. The fraction of sp³-hybridized carbons (Fsp3) is 0.429. The zero-order chi connectivity index (χ0) is 19.6. The van der Waals surface area contributed by atoms with Gasteiger partial charge in [-0.3, -0.25) is 0 Å². The lowest BCUT2D eigenvalue weighted by Crippen LogP contribution is -2.53. The second-order valence-corrected chi connectivity index (χ2v) is 7.57. The molecule has 1 N–H and O–H groups in total. The molecule has 8 heteroatoms. The molecule has 2 fully saturated rings. The van der Waals surface area contributed by atoms with Gasteiger partial charge >= 0.3 is 0 Å². The van der Waals surface area contributed by atoms with Gasteiger partial charge in [0.2, 0.25) is 19.4 Å². The van der Waals surface area contributed by atoms with Crippen molar-refractivity contribution in [3.05, 3.63) is 47.5 Å². The monoisotopic (exact) mass is 400 g/mol. The van der Waals surface area contributed by atoms with Crippen LogP contribution in [0, 0.1) is 5.92 Å². The van der Waals surface area contributed by atoms with E-state index < -0.39 is 11.4 Å². The van der Waals surface area contributed by atoms with Gasteiger partial charge in [-0.15, -0.1) is 0 Å². The number of ether oxygens (including phenoxy) is 7. The third-order valence-electron chi connectivity index (χ3n) is 6.26. The van der Waals surface area contributed by atoms with Gasteiger partial charge < -0.3 is 38.3 Å². The highest BCUT2D eigenvalue weighted by Gasteiger charge is 2.68. The van der Waals surface area contributed by atoms with Gasteiger partial charge in [-0.1, -0.05) is 6.07 Å². The second-order valence-electron chi connectivity index (χ2n) is 7.57. The number of aliphatic hydroxyl groups is 1. The van der Waals surface area contributed by atoms with Crippen molar-refractivity contribution in [3.8, 4) is 23.0 Å². The van der Waals surface area contributed by atoms with E-state index >= 15 is 0 Å². The molecule has 4 aliphatic rings. The van der Waals surface area contributed by atoms with Crippen LogP contribution in [0.1, 0.15) is 17.2 Å². The third-order valence-corrected chi connectivity index (χ3v) is 6.26. The first-order valence-electron chi connectivity index (χ1n) is 9.47. The van der Waals surface area contributed by atoms with E-state index in [1.807, 2.05) is 24.3 Å². The molecule has 0 unspecified atom stereocenters. The SMILES string of the molecule is CO[C@@]1(c2ccc3c(c2)OCO3)OC[C@@H]2[C@@H](c3ccc4c(c3)OCO4)OC[C@@]21O. The molecule has 0 bridgehead atoms. The van der Waals surface area contributed by atoms with E-state index in [2.05, 4.69) is 0 Å². The molecule has 0 saturated carbocycles. The van der Waals surface area contributed by atoms with Crippen LogP contribution in [0.4, 0.5) is 0 Å². The van der Waals surface area contributed by atoms with Crippen molar-refractivity contribution in [1.82, 2.24) is 0 Å². The van der Waals surface area contributed by atoms with Crippen LogP contribution in [0.2, 0.25) is 0 Å². The molecule has 0 spiro atoms. The van der Waals surface area contributed by atoms with Gasteiger partial charge in [0.25, 0.3) is 0 Å². The van der Waals surface area contributed by atoms with Crippen LogP contribution >= 0.6 is 0 Å². The van der Waals surface area contributed by atoms with Crippen LogP contribution in [0.15, 0.2) is 36.4 Å². The standard InChI is InChI=1S/C21H20O8/c1-23-21(13-3-5-16-18(7-13)28-11-26-16)20(22)9-24-19(14(20)8-29-21)12-2-4-15-17(6-12)27-10-25-15/h2-7,14,19,22H,8-11H2,1H3/t14-,19-,20-,21+/m1/s1. The lowest BCUT2D eigenvalue weighted by Gasteiger charge is -2.38. The average molecular weight is 400 g/mol. The smallest absolute Gasteiger partial charge is 0.231 e.